The van der Waals surface area contributed by atoms with Crippen molar-refractivity contribution in [3.05, 3.63) is 29.8 Å². The minimum atomic E-state index is -1.15. The van der Waals surface area contributed by atoms with Crippen molar-refractivity contribution in [3.8, 4) is 5.75 Å². The van der Waals surface area contributed by atoms with Gasteiger partial charge in [-0.05, 0) is 31.0 Å². The number of hydrogen-bond donors (Lipinski definition) is 1. The predicted molar refractivity (Wildman–Crippen MR) is 72.1 cm³/mol. The first kappa shape index (κ1) is 15.5. The first-order valence-electron chi connectivity index (χ1n) is 6.07. The number of carbonyl (C=O) groups excluding carboxylic acids is 1. The van der Waals surface area contributed by atoms with Crippen LogP contribution in [0.15, 0.2) is 24.3 Å². The van der Waals surface area contributed by atoms with Gasteiger partial charge < -0.3 is 19.9 Å². The quantitative estimate of drug-likeness (QED) is 0.750. The molecular formula is C14H21NO4. The highest BCUT2D eigenvalue weighted by Crippen LogP contribution is 2.14. The van der Waals surface area contributed by atoms with Crippen molar-refractivity contribution in [2.24, 2.45) is 5.73 Å². The van der Waals surface area contributed by atoms with Crippen molar-refractivity contribution in [2.45, 2.75) is 18.9 Å². The Hall–Kier alpha value is -1.59. The number of carbonyl (C=O) groups is 1. The highest BCUT2D eigenvalue weighted by molar-refractivity contribution is 5.80. The number of benzene rings is 1. The van der Waals surface area contributed by atoms with Crippen LogP contribution in [0.25, 0.3) is 0 Å². The maximum absolute atomic E-state index is 11.4. The lowest BCUT2D eigenvalue weighted by Gasteiger charge is -2.21. The first-order valence-corrected chi connectivity index (χ1v) is 6.07. The van der Waals surface area contributed by atoms with Gasteiger partial charge in [0.2, 0.25) is 0 Å². The molecule has 0 radical (unpaired) electrons. The summed E-state index contributed by atoms with van der Waals surface area (Å²) >= 11 is 0. The average Bonchev–Trinajstić information content (AvgIpc) is 2.43. The van der Waals surface area contributed by atoms with E-state index >= 15 is 0 Å². The van der Waals surface area contributed by atoms with Crippen LogP contribution in [0.1, 0.15) is 12.5 Å². The smallest absolute Gasteiger partial charge is 0.329 e. The van der Waals surface area contributed by atoms with Gasteiger partial charge >= 0.3 is 5.97 Å². The number of rotatable bonds is 7. The van der Waals surface area contributed by atoms with E-state index in [0.717, 1.165) is 12.0 Å². The lowest BCUT2D eigenvalue weighted by molar-refractivity contribution is -0.147. The third kappa shape index (κ3) is 4.89. The van der Waals surface area contributed by atoms with Crippen LogP contribution in [-0.2, 0) is 20.7 Å². The molecule has 0 bridgehead atoms. The molecule has 1 aromatic rings. The molecule has 0 aliphatic carbocycles. The topological polar surface area (TPSA) is 70.8 Å². The van der Waals surface area contributed by atoms with E-state index in [1.165, 1.54) is 7.11 Å². The molecule has 0 amide bonds. The van der Waals surface area contributed by atoms with Crippen LogP contribution in [0.4, 0.5) is 0 Å². The fourth-order valence-corrected chi connectivity index (χ4v) is 1.50. The van der Waals surface area contributed by atoms with E-state index in [1.54, 1.807) is 14.0 Å². The van der Waals surface area contributed by atoms with Gasteiger partial charge in [0.25, 0.3) is 0 Å². The lowest BCUT2D eigenvalue weighted by atomic mass is 10.1. The molecule has 0 heterocycles. The molecule has 0 aromatic heterocycles. The summed E-state index contributed by atoms with van der Waals surface area (Å²) in [6.45, 7) is 2.33. The van der Waals surface area contributed by atoms with Crippen LogP contribution in [-0.4, -0.2) is 38.9 Å². The first-order chi connectivity index (χ1) is 8.99. The monoisotopic (exact) mass is 267 g/mol. The fraction of sp³-hybridized carbons (Fsp3) is 0.500. The number of nitrogens with two attached hydrogens (primary N) is 1. The second-order valence-electron chi connectivity index (χ2n) is 4.58. The fourth-order valence-electron chi connectivity index (χ4n) is 1.50. The standard InChI is InChI=1S/C14H21NO4/c1-14(15,13(16)18-3)10-19-12-6-4-11(5-7-12)8-9-17-2/h4-7H,8-10,15H2,1-3H3. The van der Waals surface area contributed by atoms with E-state index in [9.17, 15) is 4.79 Å². The molecule has 106 valence electrons. The minimum Gasteiger partial charge on any atom is -0.491 e. The Kier molecular flexibility index (Phi) is 5.79. The third-order valence-corrected chi connectivity index (χ3v) is 2.71. The molecule has 1 rings (SSSR count). The second-order valence-corrected chi connectivity index (χ2v) is 4.58. The highest BCUT2D eigenvalue weighted by Gasteiger charge is 2.30. The average molecular weight is 267 g/mol. The Bertz CT molecular complexity index is 400. The van der Waals surface area contributed by atoms with Gasteiger partial charge in [0, 0.05) is 7.11 Å². The summed E-state index contributed by atoms with van der Waals surface area (Å²) in [5, 5.41) is 0. The third-order valence-electron chi connectivity index (χ3n) is 2.71. The van der Waals surface area contributed by atoms with Gasteiger partial charge in [-0.1, -0.05) is 12.1 Å². The largest absolute Gasteiger partial charge is 0.491 e. The Morgan fingerprint density at radius 3 is 2.42 bits per heavy atom. The molecule has 5 heteroatoms. The SMILES string of the molecule is COCCc1ccc(OCC(C)(N)C(=O)OC)cc1. The number of hydrogen-bond acceptors (Lipinski definition) is 5. The van der Waals surface area contributed by atoms with Crippen LogP contribution in [0.5, 0.6) is 5.75 Å². The van der Waals surface area contributed by atoms with Crippen LogP contribution in [0, 0.1) is 0 Å². The molecule has 0 fully saturated rings. The van der Waals surface area contributed by atoms with E-state index in [1.807, 2.05) is 24.3 Å². The molecule has 1 aromatic carbocycles. The number of ether oxygens (including phenoxy) is 3. The zero-order valence-corrected chi connectivity index (χ0v) is 11.6. The number of methoxy groups -OCH3 is 2. The minimum absolute atomic E-state index is 0.0666. The van der Waals surface area contributed by atoms with Gasteiger partial charge in [-0.2, -0.15) is 0 Å². The van der Waals surface area contributed by atoms with E-state index in [4.69, 9.17) is 15.2 Å². The molecule has 0 saturated carbocycles. The predicted octanol–water partition coefficient (Wildman–Crippen LogP) is 1.14. The van der Waals surface area contributed by atoms with Crippen molar-refractivity contribution in [2.75, 3.05) is 27.4 Å². The molecule has 2 N–H and O–H groups in total. The Balaban J connectivity index is 2.52. The van der Waals surface area contributed by atoms with Crippen molar-refractivity contribution in [1.29, 1.82) is 0 Å². The van der Waals surface area contributed by atoms with Crippen molar-refractivity contribution >= 4 is 5.97 Å². The summed E-state index contributed by atoms with van der Waals surface area (Å²) < 4.78 is 15.1. The number of esters is 1. The molecular weight excluding hydrogens is 246 g/mol. The van der Waals surface area contributed by atoms with Crippen LogP contribution in [0.3, 0.4) is 0 Å². The molecule has 0 spiro atoms. The molecule has 0 aliphatic heterocycles. The summed E-state index contributed by atoms with van der Waals surface area (Å²) in [7, 11) is 2.98. The zero-order valence-electron chi connectivity index (χ0n) is 11.6. The Morgan fingerprint density at radius 1 is 1.26 bits per heavy atom. The van der Waals surface area contributed by atoms with Crippen LogP contribution < -0.4 is 10.5 Å². The maximum Gasteiger partial charge on any atom is 0.329 e. The van der Waals surface area contributed by atoms with Crippen molar-refractivity contribution in [1.82, 2.24) is 0 Å². The van der Waals surface area contributed by atoms with Crippen molar-refractivity contribution in [3.63, 3.8) is 0 Å². The molecule has 0 saturated heterocycles. The highest BCUT2D eigenvalue weighted by atomic mass is 16.5. The van der Waals surface area contributed by atoms with E-state index in [-0.39, 0.29) is 6.61 Å². The summed E-state index contributed by atoms with van der Waals surface area (Å²) in [5.74, 6) is 0.172. The second kappa shape index (κ2) is 7.11. The lowest BCUT2D eigenvalue weighted by Crippen LogP contribution is -2.50. The van der Waals surface area contributed by atoms with Crippen LogP contribution in [0.2, 0.25) is 0 Å². The van der Waals surface area contributed by atoms with Gasteiger partial charge in [0.05, 0.1) is 13.7 Å². The molecule has 5 nitrogen and oxygen atoms in total. The van der Waals surface area contributed by atoms with E-state index < -0.39 is 11.5 Å². The van der Waals surface area contributed by atoms with E-state index in [2.05, 4.69) is 4.74 Å². The molecule has 1 unspecified atom stereocenters. The Labute approximate surface area is 113 Å². The van der Waals surface area contributed by atoms with Gasteiger partial charge in [0.1, 0.15) is 17.9 Å². The molecule has 19 heavy (non-hydrogen) atoms. The van der Waals surface area contributed by atoms with Crippen molar-refractivity contribution < 1.29 is 19.0 Å². The van der Waals surface area contributed by atoms with Gasteiger partial charge in [0.15, 0.2) is 0 Å². The zero-order chi connectivity index (χ0) is 14.3. The maximum atomic E-state index is 11.4. The summed E-state index contributed by atoms with van der Waals surface area (Å²) in [4.78, 5) is 11.4. The summed E-state index contributed by atoms with van der Waals surface area (Å²) in [5.41, 5.74) is 5.81. The van der Waals surface area contributed by atoms with Gasteiger partial charge in [-0.25, -0.2) is 4.79 Å². The Morgan fingerprint density at radius 2 is 1.89 bits per heavy atom. The summed E-state index contributed by atoms with van der Waals surface area (Å²) in [6.07, 6.45) is 0.855. The normalized spacial score (nSPS) is 13.7. The van der Waals surface area contributed by atoms with Crippen LogP contribution >= 0.6 is 0 Å². The molecule has 0 aliphatic rings. The molecule has 1 atom stereocenters. The van der Waals surface area contributed by atoms with Gasteiger partial charge in [-0.15, -0.1) is 0 Å². The summed E-state index contributed by atoms with van der Waals surface area (Å²) in [6, 6.07) is 7.61. The van der Waals surface area contributed by atoms with E-state index in [0.29, 0.717) is 12.4 Å². The van der Waals surface area contributed by atoms with Gasteiger partial charge in [-0.3, -0.25) is 0 Å².